The highest BCUT2D eigenvalue weighted by molar-refractivity contribution is 9.10. The zero-order valence-corrected chi connectivity index (χ0v) is 20.9. The summed E-state index contributed by atoms with van der Waals surface area (Å²) in [5, 5.41) is 8.98. The molecule has 8 heteroatoms. The number of nitrogens with one attached hydrogen (secondary N) is 1. The van der Waals surface area contributed by atoms with Gasteiger partial charge in [-0.3, -0.25) is 4.79 Å². The second-order valence-electron chi connectivity index (χ2n) is 8.90. The Balaban J connectivity index is 1.88. The van der Waals surface area contributed by atoms with Crippen molar-refractivity contribution in [3.63, 3.8) is 0 Å². The topological polar surface area (TPSA) is 69.0 Å². The van der Waals surface area contributed by atoms with Crippen LogP contribution in [-0.4, -0.2) is 32.9 Å². The third-order valence-corrected chi connectivity index (χ3v) is 7.01. The molecular formula is C23H29BrN4O2S. The number of fused-ring (bicyclic) bond motifs is 1. The Bertz CT molecular complexity index is 1030. The molecule has 1 aliphatic carbocycles. The number of ether oxygens (including phenoxy) is 1. The number of anilines is 1. The highest BCUT2D eigenvalue weighted by atomic mass is 79.9. The summed E-state index contributed by atoms with van der Waals surface area (Å²) in [5.74, 6) is 2.59. The Hall–Kier alpha value is -1.80. The molecule has 1 aliphatic heterocycles. The van der Waals surface area contributed by atoms with Gasteiger partial charge in [-0.25, -0.2) is 4.68 Å². The van der Waals surface area contributed by atoms with E-state index in [0.29, 0.717) is 19.0 Å². The Labute approximate surface area is 196 Å². The number of carbonyl (C=O) groups is 1. The SMILES string of the molecule is CCCOc1ccc(Br)cc1C1C2=C(CC(C)(C)CC2=O)Nc2nc(SCCC)nn21. The lowest BCUT2D eigenvalue weighted by atomic mass is 9.73. The number of benzene rings is 1. The van der Waals surface area contributed by atoms with Gasteiger partial charge in [-0.05, 0) is 42.9 Å². The third kappa shape index (κ3) is 4.55. The van der Waals surface area contributed by atoms with E-state index in [4.69, 9.17) is 14.8 Å². The van der Waals surface area contributed by atoms with Crippen molar-refractivity contribution in [1.82, 2.24) is 14.8 Å². The van der Waals surface area contributed by atoms with E-state index in [9.17, 15) is 4.79 Å². The molecule has 4 rings (SSSR count). The van der Waals surface area contributed by atoms with Crippen LogP contribution in [0.25, 0.3) is 0 Å². The zero-order valence-electron chi connectivity index (χ0n) is 18.5. The fourth-order valence-electron chi connectivity index (χ4n) is 4.21. The molecule has 1 aromatic heterocycles. The van der Waals surface area contributed by atoms with Crippen LogP contribution < -0.4 is 10.1 Å². The van der Waals surface area contributed by atoms with Crippen LogP contribution in [-0.2, 0) is 4.79 Å². The molecule has 1 unspecified atom stereocenters. The molecule has 0 radical (unpaired) electrons. The van der Waals surface area contributed by atoms with Crippen LogP contribution >= 0.6 is 27.7 Å². The first-order valence-corrected chi connectivity index (χ1v) is 12.7. The molecule has 166 valence electrons. The second-order valence-corrected chi connectivity index (χ2v) is 10.9. The van der Waals surface area contributed by atoms with Crippen molar-refractivity contribution in [2.45, 2.75) is 64.6 Å². The standard InChI is InChI=1S/C23H29BrN4O2S/c1-5-9-30-18-8-7-14(24)11-15(18)20-19-16(12-23(3,4)13-17(19)29)25-21-26-22(27-28(20)21)31-10-6-2/h7-8,11,20H,5-6,9-10,12-13H2,1-4H3,(H,25,26,27). The van der Waals surface area contributed by atoms with Gasteiger partial charge in [0.2, 0.25) is 11.1 Å². The third-order valence-electron chi connectivity index (χ3n) is 5.48. The monoisotopic (exact) mass is 504 g/mol. The molecule has 2 aliphatic rings. The van der Waals surface area contributed by atoms with E-state index in [2.05, 4.69) is 48.9 Å². The number of nitrogens with zero attached hydrogens (tertiary/aromatic N) is 3. The van der Waals surface area contributed by atoms with Crippen LogP contribution in [0, 0.1) is 5.41 Å². The second kappa shape index (κ2) is 8.98. The minimum absolute atomic E-state index is 0.0890. The fourth-order valence-corrected chi connectivity index (χ4v) is 5.27. The number of allylic oxidation sites excluding steroid dienone is 2. The molecule has 0 bridgehead atoms. The van der Waals surface area contributed by atoms with Crippen molar-refractivity contribution in [2.75, 3.05) is 17.7 Å². The Morgan fingerprint density at radius 3 is 2.84 bits per heavy atom. The maximum atomic E-state index is 13.4. The summed E-state index contributed by atoms with van der Waals surface area (Å²) in [6, 6.07) is 5.63. The maximum Gasteiger partial charge on any atom is 0.227 e. The minimum Gasteiger partial charge on any atom is -0.493 e. The van der Waals surface area contributed by atoms with E-state index < -0.39 is 0 Å². The molecule has 0 fully saturated rings. The number of carbonyl (C=O) groups excluding carboxylic acids is 1. The van der Waals surface area contributed by atoms with Crippen LogP contribution in [0.1, 0.15) is 65.0 Å². The van der Waals surface area contributed by atoms with Crippen molar-refractivity contribution in [1.29, 1.82) is 0 Å². The van der Waals surface area contributed by atoms with Crippen LogP contribution in [0.3, 0.4) is 0 Å². The summed E-state index contributed by atoms with van der Waals surface area (Å²) in [4.78, 5) is 18.2. The van der Waals surface area contributed by atoms with Gasteiger partial charge in [0.15, 0.2) is 5.78 Å². The van der Waals surface area contributed by atoms with E-state index in [1.54, 1.807) is 11.8 Å². The number of hydrogen-bond acceptors (Lipinski definition) is 6. The maximum absolute atomic E-state index is 13.4. The van der Waals surface area contributed by atoms with E-state index in [-0.39, 0.29) is 17.2 Å². The van der Waals surface area contributed by atoms with E-state index in [0.717, 1.165) is 57.2 Å². The van der Waals surface area contributed by atoms with Gasteiger partial charge in [0.1, 0.15) is 11.8 Å². The van der Waals surface area contributed by atoms with Gasteiger partial charge in [0.05, 0.1) is 6.61 Å². The molecule has 31 heavy (non-hydrogen) atoms. The normalized spacial score (nSPS) is 19.6. The van der Waals surface area contributed by atoms with Crippen LogP contribution in [0.2, 0.25) is 0 Å². The van der Waals surface area contributed by atoms with Gasteiger partial charge in [0, 0.05) is 33.5 Å². The molecule has 2 heterocycles. The number of hydrogen-bond donors (Lipinski definition) is 1. The van der Waals surface area contributed by atoms with Gasteiger partial charge in [-0.1, -0.05) is 55.4 Å². The van der Waals surface area contributed by atoms with Crippen LogP contribution in [0.5, 0.6) is 5.75 Å². The average molecular weight is 505 g/mol. The predicted octanol–water partition coefficient (Wildman–Crippen LogP) is 5.99. The zero-order chi connectivity index (χ0) is 22.2. The molecule has 0 amide bonds. The fraction of sp³-hybridized carbons (Fsp3) is 0.522. The number of halogens is 1. The first kappa shape index (κ1) is 22.4. The van der Waals surface area contributed by atoms with Crippen molar-refractivity contribution in [3.05, 3.63) is 39.5 Å². The lowest BCUT2D eigenvalue weighted by Crippen LogP contribution is -2.36. The number of aromatic nitrogens is 3. The van der Waals surface area contributed by atoms with Gasteiger partial charge >= 0.3 is 0 Å². The van der Waals surface area contributed by atoms with Gasteiger partial charge < -0.3 is 10.1 Å². The number of rotatable bonds is 7. The molecule has 2 aromatic rings. The Kier molecular flexibility index (Phi) is 6.49. The largest absolute Gasteiger partial charge is 0.493 e. The molecule has 1 aromatic carbocycles. The predicted molar refractivity (Wildman–Crippen MR) is 128 cm³/mol. The molecule has 6 nitrogen and oxygen atoms in total. The molecule has 1 atom stereocenters. The van der Waals surface area contributed by atoms with Crippen molar-refractivity contribution >= 4 is 39.4 Å². The van der Waals surface area contributed by atoms with E-state index in [1.807, 2.05) is 22.9 Å². The van der Waals surface area contributed by atoms with Gasteiger partial charge in [0.25, 0.3) is 0 Å². The smallest absolute Gasteiger partial charge is 0.227 e. The highest BCUT2D eigenvalue weighted by Crippen LogP contribution is 2.47. The Morgan fingerprint density at radius 1 is 1.29 bits per heavy atom. The summed E-state index contributed by atoms with van der Waals surface area (Å²) in [7, 11) is 0. The lowest BCUT2D eigenvalue weighted by Gasteiger charge is -2.38. The first-order chi connectivity index (χ1) is 14.8. The number of thioether (sulfide) groups is 1. The summed E-state index contributed by atoms with van der Waals surface area (Å²) >= 11 is 5.25. The summed E-state index contributed by atoms with van der Waals surface area (Å²) in [6.07, 6.45) is 3.28. The molecule has 0 spiro atoms. The van der Waals surface area contributed by atoms with Crippen LogP contribution in [0.15, 0.2) is 39.1 Å². The van der Waals surface area contributed by atoms with Crippen molar-refractivity contribution in [3.8, 4) is 5.75 Å². The van der Waals surface area contributed by atoms with Gasteiger partial charge in [-0.15, -0.1) is 5.10 Å². The summed E-state index contributed by atoms with van der Waals surface area (Å²) in [5.41, 5.74) is 2.58. The highest BCUT2D eigenvalue weighted by Gasteiger charge is 2.42. The average Bonchev–Trinajstić information content (AvgIpc) is 3.11. The molecule has 0 saturated carbocycles. The van der Waals surface area contributed by atoms with Crippen molar-refractivity contribution in [2.24, 2.45) is 5.41 Å². The first-order valence-electron chi connectivity index (χ1n) is 10.9. The Morgan fingerprint density at radius 2 is 2.10 bits per heavy atom. The summed E-state index contributed by atoms with van der Waals surface area (Å²) in [6.45, 7) is 9.13. The number of Topliss-reactive ketones (excluding diaryl/α,β-unsaturated/α-hetero) is 1. The number of ketones is 1. The summed E-state index contributed by atoms with van der Waals surface area (Å²) < 4.78 is 8.91. The lowest BCUT2D eigenvalue weighted by molar-refractivity contribution is -0.118. The minimum atomic E-state index is -0.359. The van der Waals surface area contributed by atoms with E-state index in [1.165, 1.54) is 0 Å². The molecule has 0 saturated heterocycles. The quantitative estimate of drug-likeness (QED) is 0.467. The van der Waals surface area contributed by atoms with Crippen LogP contribution in [0.4, 0.5) is 5.95 Å². The molecular weight excluding hydrogens is 476 g/mol. The van der Waals surface area contributed by atoms with Crippen molar-refractivity contribution < 1.29 is 9.53 Å². The van der Waals surface area contributed by atoms with E-state index >= 15 is 0 Å². The molecule has 1 N–H and O–H groups in total. The van der Waals surface area contributed by atoms with Gasteiger partial charge in [-0.2, -0.15) is 4.98 Å².